The van der Waals surface area contributed by atoms with Crippen molar-refractivity contribution in [1.82, 2.24) is 0 Å². The molecule has 2 rings (SSSR count). The van der Waals surface area contributed by atoms with Crippen LogP contribution in [0.15, 0.2) is 60.7 Å². The van der Waals surface area contributed by atoms with E-state index in [1.165, 1.54) is 83.5 Å². The molecule has 0 spiro atoms. The molecule has 0 saturated carbocycles. The molecule has 0 fully saturated rings. The van der Waals surface area contributed by atoms with Crippen LogP contribution in [0.3, 0.4) is 0 Å². The number of aliphatic hydroxyl groups is 1. The highest BCUT2D eigenvalue weighted by Gasteiger charge is 2.28. The molecular weight excluding hydrogens is 435 g/mol. The zero-order valence-electron chi connectivity index (χ0n) is 20.1. The van der Waals surface area contributed by atoms with E-state index >= 15 is 0 Å². The molecular formula is C29H44Cl2O. The van der Waals surface area contributed by atoms with Crippen LogP contribution in [0, 0.1) is 0 Å². The van der Waals surface area contributed by atoms with Gasteiger partial charge in [0.05, 0.1) is 0 Å². The maximum absolute atomic E-state index is 8.64. The van der Waals surface area contributed by atoms with Crippen LogP contribution in [-0.4, -0.2) is 11.7 Å². The Balaban J connectivity index is 0.000000321. The second-order valence-electron chi connectivity index (χ2n) is 8.63. The van der Waals surface area contributed by atoms with E-state index in [1.54, 1.807) is 0 Å². The van der Waals surface area contributed by atoms with E-state index < -0.39 is 4.33 Å². The van der Waals surface area contributed by atoms with Crippen LogP contribution in [0.1, 0.15) is 108 Å². The van der Waals surface area contributed by atoms with Crippen LogP contribution in [-0.2, 0) is 4.33 Å². The topological polar surface area (TPSA) is 20.2 Å². The molecule has 2 aromatic rings. The summed E-state index contributed by atoms with van der Waals surface area (Å²) in [7, 11) is 0. The van der Waals surface area contributed by atoms with Gasteiger partial charge in [0.15, 0.2) is 4.33 Å². The van der Waals surface area contributed by atoms with Gasteiger partial charge in [0.25, 0.3) is 0 Å². The number of aliphatic hydroxyl groups excluding tert-OH is 1. The second-order valence-corrected chi connectivity index (χ2v) is 9.95. The number of alkyl halides is 2. The molecule has 0 saturated heterocycles. The summed E-state index contributed by atoms with van der Waals surface area (Å²) in [5, 5.41) is 8.64. The minimum Gasteiger partial charge on any atom is -0.396 e. The number of hydrogen-bond acceptors (Lipinski definition) is 1. The number of hydrogen-bond donors (Lipinski definition) is 1. The Morgan fingerprint density at radius 3 is 1.16 bits per heavy atom. The van der Waals surface area contributed by atoms with Gasteiger partial charge in [-0.2, -0.15) is 0 Å². The van der Waals surface area contributed by atoms with Gasteiger partial charge in [0.2, 0.25) is 0 Å². The average Bonchev–Trinajstić information content (AvgIpc) is 2.83. The summed E-state index contributed by atoms with van der Waals surface area (Å²) >= 11 is 12.7. The van der Waals surface area contributed by atoms with Gasteiger partial charge in [0.1, 0.15) is 0 Å². The molecule has 2 aromatic carbocycles. The lowest BCUT2D eigenvalue weighted by Crippen LogP contribution is -2.11. The lowest BCUT2D eigenvalue weighted by molar-refractivity contribution is 0.282. The SMILES string of the molecule is CCCCCCCCCCCCCCCCO.ClC(Cl)(c1ccccc1)c1ccccc1. The van der Waals surface area contributed by atoms with Crippen molar-refractivity contribution in [2.24, 2.45) is 0 Å². The number of halogens is 2. The number of benzene rings is 2. The Morgan fingerprint density at radius 2 is 0.844 bits per heavy atom. The van der Waals surface area contributed by atoms with E-state index in [0.29, 0.717) is 6.61 Å². The predicted octanol–water partition coefficient (Wildman–Crippen LogP) is 9.83. The molecule has 180 valence electrons. The van der Waals surface area contributed by atoms with Gasteiger partial charge in [-0.25, -0.2) is 0 Å². The first-order valence-corrected chi connectivity index (χ1v) is 13.5. The Bertz CT molecular complexity index is 587. The zero-order chi connectivity index (χ0) is 23.3. The Morgan fingerprint density at radius 1 is 0.531 bits per heavy atom. The number of unbranched alkanes of at least 4 members (excludes halogenated alkanes) is 13. The van der Waals surface area contributed by atoms with Crippen LogP contribution in [0.25, 0.3) is 0 Å². The van der Waals surface area contributed by atoms with Gasteiger partial charge in [-0.1, -0.05) is 174 Å². The minimum absolute atomic E-state index is 0.373. The molecule has 0 aliphatic carbocycles. The van der Waals surface area contributed by atoms with Gasteiger partial charge in [-0.05, 0) is 17.5 Å². The molecule has 0 bridgehead atoms. The smallest absolute Gasteiger partial charge is 0.168 e. The highest BCUT2D eigenvalue weighted by Crippen LogP contribution is 2.40. The molecule has 0 aliphatic heterocycles. The Hall–Kier alpha value is -1.02. The minimum atomic E-state index is -0.970. The summed E-state index contributed by atoms with van der Waals surface area (Å²) in [5.74, 6) is 0. The third-order valence-corrected chi connectivity index (χ3v) is 6.66. The molecule has 1 nitrogen and oxygen atoms in total. The summed E-state index contributed by atoms with van der Waals surface area (Å²) in [6.45, 7) is 2.65. The highest BCUT2D eigenvalue weighted by molar-refractivity contribution is 6.50. The maximum Gasteiger partial charge on any atom is 0.168 e. The first-order chi connectivity index (χ1) is 15.6. The van der Waals surface area contributed by atoms with Crippen molar-refractivity contribution >= 4 is 23.2 Å². The Labute approximate surface area is 207 Å². The van der Waals surface area contributed by atoms with Crippen molar-refractivity contribution in [1.29, 1.82) is 0 Å². The molecule has 3 heteroatoms. The van der Waals surface area contributed by atoms with Gasteiger partial charge >= 0.3 is 0 Å². The fourth-order valence-corrected chi connectivity index (χ4v) is 4.27. The normalized spacial score (nSPS) is 11.1. The highest BCUT2D eigenvalue weighted by atomic mass is 35.5. The molecule has 0 amide bonds. The summed E-state index contributed by atoms with van der Waals surface area (Å²) in [6, 6.07) is 19.3. The largest absolute Gasteiger partial charge is 0.396 e. The average molecular weight is 480 g/mol. The fraction of sp³-hybridized carbons (Fsp3) is 0.586. The summed E-state index contributed by atoms with van der Waals surface area (Å²) in [4.78, 5) is 0. The molecule has 0 atom stereocenters. The van der Waals surface area contributed by atoms with Crippen LogP contribution in [0.4, 0.5) is 0 Å². The third-order valence-electron chi connectivity index (χ3n) is 5.78. The van der Waals surface area contributed by atoms with Gasteiger partial charge in [-0.3, -0.25) is 0 Å². The molecule has 32 heavy (non-hydrogen) atoms. The monoisotopic (exact) mass is 478 g/mol. The molecule has 0 heterocycles. The lowest BCUT2D eigenvalue weighted by Gasteiger charge is -2.20. The second kappa shape index (κ2) is 19.4. The van der Waals surface area contributed by atoms with Crippen molar-refractivity contribution in [3.8, 4) is 0 Å². The summed E-state index contributed by atoms with van der Waals surface area (Å²) in [5.41, 5.74) is 1.78. The third kappa shape index (κ3) is 13.5. The van der Waals surface area contributed by atoms with E-state index in [1.807, 2.05) is 60.7 Å². The van der Waals surface area contributed by atoms with Gasteiger partial charge in [-0.15, -0.1) is 0 Å². The van der Waals surface area contributed by atoms with Crippen molar-refractivity contribution in [3.63, 3.8) is 0 Å². The Kier molecular flexibility index (Phi) is 17.6. The van der Waals surface area contributed by atoms with Crippen LogP contribution in [0.5, 0.6) is 0 Å². The van der Waals surface area contributed by atoms with E-state index in [2.05, 4.69) is 6.92 Å². The van der Waals surface area contributed by atoms with E-state index in [0.717, 1.165) is 17.5 Å². The van der Waals surface area contributed by atoms with Gasteiger partial charge in [0, 0.05) is 6.61 Å². The first kappa shape index (κ1) is 29.0. The van der Waals surface area contributed by atoms with Crippen molar-refractivity contribution in [2.75, 3.05) is 6.61 Å². The fourth-order valence-electron chi connectivity index (χ4n) is 3.77. The van der Waals surface area contributed by atoms with E-state index in [-0.39, 0.29) is 0 Å². The molecule has 1 N–H and O–H groups in total. The van der Waals surface area contributed by atoms with Crippen molar-refractivity contribution in [3.05, 3.63) is 71.8 Å². The molecule has 0 aromatic heterocycles. The van der Waals surface area contributed by atoms with Crippen LogP contribution >= 0.6 is 23.2 Å². The zero-order valence-corrected chi connectivity index (χ0v) is 21.6. The van der Waals surface area contributed by atoms with Crippen molar-refractivity contribution in [2.45, 2.75) is 101 Å². The maximum atomic E-state index is 8.64. The standard InChI is InChI=1S/C16H34O.C13H10Cl2/c1-2-3-4-5-6-7-8-9-10-11-12-13-14-15-16-17;14-13(15,11-7-3-1-4-8-11)12-9-5-2-6-10-12/h17H,2-16H2,1H3;1-10H. The van der Waals surface area contributed by atoms with Crippen LogP contribution in [0.2, 0.25) is 0 Å². The predicted molar refractivity (Wildman–Crippen MR) is 143 cm³/mol. The van der Waals surface area contributed by atoms with Gasteiger partial charge < -0.3 is 5.11 Å². The summed E-state index contributed by atoms with van der Waals surface area (Å²) < 4.78 is -0.970. The summed E-state index contributed by atoms with van der Waals surface area (Å²) in [6.07, 6.45) is 19.2. The number of rotatable bonds is 16. The quantitative estimate of drug-likeness (QED) is 0.188. The van der Waals surface area contributed by atoms with Crippen LogP contribution < -0.4 is 0 Å². The first-order valence-electron chi connectivity index (χ1n) is 12.7. The van der Waals surface area contributed by atoms with E-state index in [9.17, 15) is 0 Å². The molecule has 0 radical (unpaired) electrons. The van der Waals surface area contributed by atoms with Crippen molar-refractivity contribution < 1.29 is 5.11 Å². The molecule has 0 aliphatic rings. The lowest BCUT2D eigenvalue weighted by atomic mass is 10.0. The molecule has 0 unspecified atom stereocenters. The van der Waals surface area contributed by atoms with E-state index in [4.69, 9.17) is 28.3 Å².